The topological polar surface area (TPSA) is 252 Å². The molecule has 0 aliphatic carbocycles. The molecule has 4 unspecified atom stereocenters. The van der Waals surface area contributed by atoms with Gasteiger partial charge >= 0.3 is 11.9 Å². The molecule has 0 heterocycles. The minimum atomic E-state index is -1.41. The lowest BCUT2D eigenvalue weighted by atomic mass is 10.0. The maximum Gasteiger partial charge on any atom is 0.327 e. The van der Waals surface area contributed by atoms with Gasteiger partial charge < -0.3 is 43.4 Å². The zero-order valence-corrected chi connectivity index (χ0v) is 20.9. The molecule has 4 atom stereocenters. The van der Waals surface area contributed by atoms with Crippen molar-refractivity contribution in [1.29, 1.82) is 0 Å². The summed E-state index contributed by atoms with van der Waals surface area (Å²) < 4.78 is 0. The number of aliphatic carboxylic acids is 2. The smallest absolute Gasteiger partial charge is 0.327 e. The fraction of sp³-hybridized carbons (Fsp3) is 0.455. The highest BCUT2D eigenvalue weighted by molar-refractivity contribution is 7.80. The average Bonchev–Trinajstić information content (AvgIpc) is 2.83. The Morgan fingerprint density at radius 1 is 0.892 bits per heavy atom. The van der Waals surface area contributed by atoms with Gasteiger partial charge in [-0.3, -0.25) is 24.2 Å². The second-order valence-electron chi connectivity index (χ2n) is 8.05. The molecule has 204 valence electrons. The van der Waals surface area contributed by atoms with E-state index >= 15 is 0 Å². The molecule has 37 heavy (non-hydrogen) atoms. The monoisotopic (exact) mass is 539 g/mol. The number of benzene rings is 1. The number of amides is 3. The third kappa shape index (κ3) is 12.1. The summed E-state index contributed by atoms with van der Waals surface area (Å²) in [6, 6.07) is 3.51. The van der Waals surface area contributed by atoms with Crippen LogP contribution in [0.2, 0.25) is 0 Å². The SMILES string of the molecule is NC(N)=NCCCC(NC(=O)C(Cc1ccccc1)NC(=O)C(N)CC(=O)O)C(=O)NC(CS)C(=O)O. The molecule has 3 amide bonds. The van der Waals surface area contributed by atoms with Gasteiger partial charge in [0.2, 0.25) is 17.7 Å². The first kappa shape index (κ1) is 31.2. The summed E-state index contributed by atoms with van der Waals surface area (Å²) >= 11 is 3.91. The Morgan fingerprint density at radius 3 is 2.00 bits per heavy atom. The Morgan fingerprint density at radius 2 is 1.46 bits per heavy atom. The van der Waals surface area contributed by atoms with Crippen LogP contribution in [0.15, 0.2) is 35.3 Å². The molecule has 1 aromatic carbocycles. The van der Waals surface area contributed by atoms with Gasteiger partial charge in [-0.05, 0) is 18.4 Å². The lowest BCUT2D eigenvalue weighted by Gasteiger charge is -2.25. The molecule has 1 aromatic rings. The maximum absolute atomic E-state index is 13.2. The quantitative estimate of drug-likeness (QED) is 0.0464. The summed E-state index contributed by atoms with van der Waals surface area (Å²) in [7, 11) is 0. The van der Waals surface area contributed by atoms with E-state index in [0.717, 1.165) is 0 Å². The highest BCUT2D eigenvalue weighted by Gasteiger charge is 2.30. The number of guanidine groups is 1. The van der Waals surface area contributed by atoms with Crippen LogP contribution in [0.4, 0.5) is 0 Å². The van der Waals surface area contributed by atoms with E-state index in [1.165, 1.54) is 0 Å². The standard InChI is InChI=1S/C22H33N7O7S/c23-13(10-17(30)31)18(32)28-15(9-12-5-2-1-3-6-12)20(34)27-14(7-4-8-26-22(24)25)19(33)29-16(11-37)21(35)36/h1-3,5-6,13-16,37H,4,7-11,23H2,(H,27,34)(H,28,32)(H,29,33)(H,30,31)(H,35,36)(H4,24,25,26). The summed E-state index contributed by atoms with van der Waals surface area (Å²) in [5, 5.41) is 25.4. The highest BCUT2D eigenvalue weighted by atomic mass is 32.1. The molecular formula is C22H33N7O7S. The Hall–Kier alpha value is -3.85. The van der Waals surface area contributed by atoms with E-state index in [2.05, 4.69) is 33.6 Å². The largest absolute Gasteiger partial charge is 0.481 e. The number of carboxylic acids is 2. The van der Waals surface area contributed by atoms with Crippen LogP contribution in [0.5, 0.6) is 0 Å². The fourth-order valence-corrected chi connectivity index (χ4v) is 3.37. The maximum atomic E-state index is 13.2. The molecule has 0 saturated heterocycles. The first-order chi connectivity index (χ1) is 17.4. The number of nitrogens with zero attached hydrogens (tertiary/aromatic N) is 1. The van der Waals surface area contributed by atoms with Gasteiger partial charge in [0.1, 0.15) is 18.1 Å². The van der Waals surface area contributed by atoms with Gasteiger partial charge in [-0.2, -0.15) is 12.6 Å². The number of carbonyl (C=O) groups is 5. The zero-order valence-electron chi connectivity index (χ0n) is 20.0. The average molecular weight is 540 g/mol. The molecule has 11 N–H and O–H groups in total. The number of carboxylic acid groups (broad SMARTS) is 2. The third-order valence-electron chi connectivity index (χ3n) is 5.02. The summed E-state index contributed by atoms with van der Waals surface area (Å²) in [4.78, 5) is 64.6. The van der Waals surface area contributed by atoms with E-state index in [-0.39, 0.29) is 37.5 Å². The zero-order chi connectivity index (χ0) is 28.0. The van der Waals surface area contributed by atoms with Gasteiger partial charge in [-0.25, -0.2) is 4.79 Å². The lowest BCUT2D eigenvalue weighted by Crippen LogP contribution is -2.58. The molecule has 0 bridgehead atoms. The number of thiol groups is 1. The van der Waals surface area contributed by atoms with Crippen molar-refractivity contribution in [3.05, 3.63) is 35.9 Å². The minimum Gasteiger partial charge on any atom is -0.481 e. The van der Waals surface area contributed by atoms with Crippen molar-refractivity contribution in [2.24, 2.45) is 22.2 Å². The number of nitrogens with one attached hydrogen (secondary N) is 3. The molecule has 0 radical (unpaired) electrons. The summed E-state index contributed by atoms with van der Waals surface area (Å²) in [6.45, 7) is 0.144. The van der Waals surface area contributed by atoms with Crippen molar-refractivity contribution < 1.29 is 34.2 Å². The van der Waals surface area contributed by atoms with Crippen molar-refractivity contribution in [3.8, 4) is 0 Å². The molecule has 15 heteroatoms. The van der Waals surface area contributed by atoms with E-state index in [9.17, 15) is 29.1 Å². The highest BCUT2D eigenvalue weighted by Crippen LogP contribution is 2.07. The predicted molar refractivity (Wildman–Crippen MR) is 138 cm³/mol. The van der Waals surface area contributed by atoms with Gasteiger partial charge in [0.25, 0.3) is 0 Å². The van der Waals surface area contributed by atoms with Crippen LogP contribution in [-0.4, -0.2) is 82.3 Å². The number of aliphatic imine (C=N–C) groups is 1. The Balaban J connectivity index is 3.11. The molecule has 0 fully saturated rings. The summed E-state index contributed by atoms with van der Waals surface area (Å²) in [5.74, 6) is -5.37. The molecule has 0 aliphatic heterocycles. The van der Waals surface area contributed by atoms with Crippen LogP contribution in [0.25, 0.3) is 0 Å². The van der Waals surface area contributed by atoms with Crippen molar-refractivity contribution >= 4 is 48.2 Å². The summed E-state index contributed by atoms with van der Waals surface area (Å²) in [6.07, 6.45) is -0.345. The van der Waals surface area contributed by atoms with Crippen molar-refractivity contribution in [3.63, 3.8) is 0 Å². The summed E-state index contributed by atoms with van der Waals surface area (Å²) in [5.41, 5.74) is 16.9. The number of rotatable bonds is 16. The van der Waals surface area contributed by atoms with E-state index in [1.54, 1.807) is 30.3 Å². The first-order valence-corrected chi connectivity index (χ1v) is 11.9. The number of nitrogens with two attached hydrogens (primary N) is 3. The van der Waals surface area contributed by atoms with Gasteiger partial charge in [-0.15, -0.1) is 0 Å². The number of hydrogen-bond donors (Lipinski definition) is 9. The van der Waals surface area contributed by atoms with Crippen LogP contribution >= 0.6 is 12.6 Å². The van der Waals surface area contributed by atoms with Crippen LogP contribution in [-0.2, 0) is 30.4 Å². The van der Waals surface area contributed by atoms with E-state index in [1.807, 2.05) is 0 Å². The van der Waals surface area contributed by atoms with E-state index in [0.29, 0.717) is 5.56 Å². The molecule has 0 spiro atoms. The minimum absolute atomic E-state index is 0.00886. The van der Waals surface area contributed by atoms with Crippen molar-refractivity contribution in [1.82, 2.24) is 16.0 Å². The van der Waals surface area contributed by atoms with Gasteiger partial charge in [-0.1, -0.05) is 30.3 Å². The Bertz CT molecular complexity index is 973. The van der Waals surface area contributed by atoms with Gasteiger partial charge in [0.15, 0.2) is 5.96 Å². The van der Waals surface area contributed by atoms with Crippen molar-refractivity contribution in [2.45, 2.75) is 49.9 Å². The van der Waals surface area contributed by atoms with Crippen LogP contribution < -0.4 is 33.2 Å². The molecule has 1 rings (SSSR count). The molecule has 0 saturated carbocycles. The normalized spacial score (nSPS) is 13.8. The molecule has 0 aromatic heterocycles. The first-order valence-electron chi connectivity index (χ1n) is 11.3. The van der Waals surface area contributed by atoms with Crippen LogP contribution in [0.3, 0.4) is 0 Å². The Kier molecular flexibility index (Phi) is 13.5. The molecule has 0 aliphatic rings. The van der Waals surface area contributed by atoms with Crippen LogP contribution in [0, 0.1) is 0 Å². The van der Waals surface area contributed by atoms with E-state index < -0.39 is 60.2 Å². The number of hydrogen-bond acceptors (Lipinski definition) is 8. The second kappa shape index (κ2) is 16.0. The Labute approximate surface area is 218 Å². The van der Waals surface area contributed by atoms with Gasteiger partial charge in [0, 0.05) is 18.7 Å². The predicted octanol–water partition coefficient (Wildman–Crippen LogP) is -2.45. The second-order valence-corrected chi connectivity index (χ2v) is 8.41. The third-order valence-corrected chi connectivity index (χ3v) is 5.39. The van der Waals surface area contributed by atoms with Crippen molar-refractivity contribution in [2.75, 3.05) is 12.3 Å². The van der Waals surface area contributed by atoms with E-state index in [4.69, 9.17) is 22.3 Å². The lowest BCUT2D eigenvalue weighted by molar-refractivity contribution is -0.141. The fourth-order valence-electron chi connectivity index (χ4n) is 3.12. The molecule has 14 nitrogen and oxygen atoms in total. The molecular weight excluding hydrogens is 506 g/mol. The van der Waals surface area contributed by atoms with Gasteiger partial charge in [0.05, 0.1) is 12.5 Å². The number of carbonyl (C=O) groups excluding carboxylic acids is 3. The van der Waals surface area contributed by atoms with Crippen LogP contribution in [0.1, 0.15) is 24.8 Å².